The molecule has 110 heavy (non-hydrogen) atoms. The van der Waals surface area contributed by atoms with Crippen molar-refractivity contribution in [3.05, 3.63) is 98.1 Å². The van der Waals surface area contributed by atoms with Crippen molar-refractivity contribution in [2.24, 2.45) is 28.4 Å². The van der Waals surface area contributed by atoms with Crippen LogP contribution >= 0.6 is 10.7 Å². The van der Waals surface area contributed by atoms with E-state index in [-0.39, 0.29) is 56.0 Å². The SMILES string of the molecule is C.C=CC1CC1(NC(=O)[C@@H]1C[C@@H](N)CN1C(=O)[C@@H](NC(=O)OC(C)(C)C)C(C)(C)C)C(=O)NS(=O)(=O)C1CC1.C=CC1CC1(NC(=O)[C@@H]1C[C@@H](NS(=O)(=O)c2cccc3c(N(C)C)cccc23)CN1C(=O)[C@@H](NC(=O)OC(C)(C)C)C(C)(C)C)C(=O)NS(=O)(=O)C1CC1.CN(C)c1cccc2c(S(=O)(=O)Cl)cccc12. The van der Waals surface area contributed by atoms with Gasteiger partial charge in [-0.1, -0.05) is 110 Å². The van der Waals surface area contributed by atoms with Gasteiger partial charge in [-0.15, -0.1) is 13.2 Å². The van der Waals surface area contributed by atoms with E-state index in [4.69, 9.17) is 25.9 Å². The van der Waals surface area contributed by atoms with Gasteiger partial charge in [-0.05, 0) is 128 Å². The number of rotatable bonds is 22. The van der Waals surface area contributed by atoms with Crippen LogP contribution in [0.15, 0.2) is 108 Å². The lowest BCUT2D eigenvalue weighted by atomic mass is 9.85. The highest BCUT2D eigenvalue weighted by atomic mass is 35.7. The Kier molecular flexibility index (Phi) is 26.6. The number of sulfonamides is 3. The lowest BCUT2D eigenvalue weighted by Gasteiger charge is -2.36. The largest absolute Gasteiger partial charge is 0.444 e. The molecule has 4 unspecified atom stereocenters. The highest BCUT2D eigenvalue weighted by Crippen LogP contribution is 2.47. The number of hydrogen-bond donors (Lipinski definition) is 8. The van der Waals surface area contributed by atoms with Crippen LogP contribution in [0.2, 0.25) is 0 Å². The van der Waals surface area contributed by atoms with Gasteiger partial charge in [0.2, 0.25) is 53.7 Å². The summed E-state index contributed by atoms with van der Waals surface area (Å²) >= 11 is 0. The highest BCUT2D eigenvalue weighted by Gasteiger charge is 2.64. The molecule has 8 amide bonds. The number of carbonyl (C=O) groups excluding carboxylic acids is 8. The molecule has 6 aliphatic rings. The van der Waals surface area contributed by atoms with E-state index in [1.54, 1.807) is 113 Å². The lowest BCUT2D eigenvalue weighted by molar-refractivity contribution is -0.143. The number of likely N-dealkylation sites (tertiary alicyclic amines) is 2. The second-order valence-electron chi connectivity index (χ2n) is 33.3. The number of nitrogens with zero attached hydrogens (tertiary/aromatic N) is 4. The zero-order valence-corrected chi connectivity index (χ0v) is 68.6. The summed E-state index contributed by atoms with van der Waals surface area (Å²) in [6.07, 6.45) is 3.33. The Morgan fingerprint density at radius 2 is 0.900 bits per heavy atom. The summed E-state index contributed by atoms with van der Waals surface area (Å²) in [6, 6.07) is 14.8. The monoisotopic (exact) mass is 1630 g/mol. The lowest BCUT2D eigenvalue weighted by Crippen LogP contribution is -2.60. The third-order valence-electron chi connectivity index (χ3n) is 19.4. The topological polar surface area (TPSA) is 415 Å². The highest BCUT2D eigenvalue weighted by molar-refractivity contribution is 8.14. The molecule has 4 aromatic rings. The summed E-state index contributed by atoms with van der Waals surface area (Å²) < 4.78 is 119. The van der Waals surface area contributed by atoms with Crippen LogP contribution in [-0.2, 0) is 77.4 Å². The Hall–Kier alpha value is -8.15. The molecule has 10 rings (SSSR count). The number of anilines is 2. The van der Waals surface area contributed by atoms with Crippen LogP contribution in [0, 0.1) is 22.7 Å². The number of halogens is 1. The summed E-state index contributed by atoms with van der Waals surface area (Å²) in [6.45, 7) is 27.9. The van der Waals surface area contributed by atoms with E-state index >= 15 is 0 Å². The summed E-state index contributed by atoms with van der Waals surface area (Å²) in [7, 11) is -2.78. The molecule has 35 heteroatoms. The molecule has 2 heterocycles. The number of carbonyl (C=O) groups is 8. The fourth-order valence-electron chi connectivity index (χ4n) is 13.3. The van der Waals surface area contributed by atoms with Crippen molar-refractivity contribution in [3.8, 4) is 0 Å². The number of hydrogen-bond acceptors (Lipinski definition) is 21. The van der Waals surface area contributed by atoms with E-state index in [2.05, 4.69) is 48.6 Å². The standard InChI is InChI=1S/C37H52N6O9S2.C25H41N5O7S.C12H12ClNO2S.CH4/c1-10-22-20-37(22,33(46)41-53(48,49)24-17-18-24)39-31(44)28-19-23(21-43(28)32(45)30(35(2,3)4)38-34(47)52-36(5,6)7)40-54(50,51)29-16-12-13-25-26(29)14-11-15-27(25)42(8)9;1-8-14-12-25(14,21(33)29-38(35,36)16-9-10-16)28-19(31)17-11-15(26)13-30(17)20(32)18(23(2,3)4)27-22(34)37-24(5,6)7;1-14(2)11-7-3-6-10-9(11)5-4-8-12(10)17(13,15)16;/h10-16,22-24,28,30,40H,1,17-21H2,2-9H3,(H,38,47)(H,39,44)(H,41,46);8,14-18H,1,9-13,26H2,2-7H3,(H,27,34)(H,28,31)(H,29,33);3-8H,1-2H3;1H4/t22?,23-,28+,30-,37?;14?,15-,17+,18-,25?;;/m11../s1. The molecule has 4 saturated carbocycles. The molecule has 0 radical (unpaired) electrons. The van der Waals surface area contributed by atoms with Crippen LogP contribution in [0.4, 0.5) is 21.0 Å². The van der Waals surface area contributed by atoms with E-state index in [0.29, 0.717) is 41.8 Å². The molecule has 30 nitrogen and oxygen atoms in total. The number of nitrogens with one attached hydrogen (secondary N) is 7. The predicted octanol–water partition coefficient (Wildman–Crippen LogP) is 6.76. The maximum absolute atomic E-state index is 14.5. The fraction of sp³-hybridized carbons (Fsp3) is 0.573. The fourth-order valence-corrected chi connectivity index (χ4v) is 18.6. The summed E-state index contributed by atoms with van der Waals surface area (Å²) in [5.41, 5.74) is 1.52. The second-order valence-corrected chi connectivity index (χ2v) is 41.4. The van der Waals surface area contributed by atoms with Crippen molar-refractivity contribution in [1.82, 2.24) is 45.2 Å². The van der Waals surface area contributed by atoms with Crippen molar-refractivity contribution < 1.29 is 81.5 Å². The summed E-state index contributed by atoms with van der Waals surface area (Å²) in [5.74, 6) is -5.39. The maximum Gasteiger partial charge on any atom is 0.408 e. The second kappa shape index (κ2) is 32.9. The Bertz CT molecular complexity index is 4720. The maximum atomic E-state index is 14.5. The Morgan fingerprint density at radius 1 is 0.545 bits per heavy atom. The van der Waals surface area contributed by atoms with E-state index in [0.717, 1.165) is 16.8 Å². The smallest absolute Gasteiger partial charge is 0.408 e. The van der Waals surface area contributed by atoms with Crippen molar-refractivity contribution in [1.29, 1.82) is 0 Å². The minimum absolute atomic E-state index is 0. The van der Waals surface area contributed by atoms with Gasteiger partial charge in [-0.2, -0.15) is 0 Å². The van der Waals surface area contributed by atoms with Gasteiger partial charge in [0.05, 0.1) is 20.3 Å². The summed E-state index contributed by atoms with van der Waals surface area (Å²) in [4.78, 5) is 114. The molecule has 6 fully saturated rings. The van der Waals surface area contributed by atoms with Crippen molar-refractivity contribution >= 4 is 130 Å². The third-order valence-corrected chi connectivity index (χ3v) is 26.0. The Morgan fingerprint density at radius 3 is 1.25 bits per heavy atom. The van der Waals surface area contributed by atoms with Crippen molar-refractivity contribution in [2.45, 2.75) is 221 Å². The number of benzene rings is 4. The quantitative estimate of drug-likeness (QED) is 0.0298. The van der Waals surface area contributed by atoms with Crippen LogP contribution in [0.25, 0.3) is 21.5 Å². The zero-order chi connectivity index (χ0) is 81.7. The molecular formula is C75H109ClN12O18S4. The minimum atomic E-state index is -4.24. The predicted molar refractivity (Wildman–Crippen MR) is 422 cm³/mol. The van der Waals surface area contributed by atoms with Gasteiger partial charge in [0.15, 0.2) is 0 Å². The first-order chi connectivity index (χ1) is 50.1. The molecule has 608 valence electrons. The first kappa shape index (κ1) is 89.1. The third kappa shape index (κ3) is 21.1. The average molecular weight is 1630 g/mol. The first-order valence-electron chi connectivity index (χ1n) is 35.8. The van der Waals surface area contributed by atoms with Crippen LogP contribution in [0.3, 0.4) is 0 Å². The Labute approximate surface area is 651 Å². The first-order valence-corrected chi connectivity index (χ1v) is 42.7. The molecule has 2 saturated heterocycles. The van der Waals surface area contributed by atoms with E-state index in [1.807, 2.05) is 68.3 Å². The van der Waals surface area contributed by atoms with Crippen LogP contribution in [-0.4, -0.2) is 201 Å². The molecule has 10 atom stereocenters. The van der Waals surface area contributed by atoms with Gasteiger partial charge in [-0.25, -0.2) is 48.0 Å². The van der Waals surface area contributed by atoms with Crippen LogP contribution in [0.5, 0.6) is 0 Å². The van der Waals surface area contributed by atoms with Gasteiger partial charge in [-0.3, -0.25) is 38.2 Å². The molecule has 2 aliphatic heterocycles. The molecule has 4 aliphatic carbocycles. The number of nitrogens with two attached hydrogens (primary N) is 1. The zero-order valence-electron chi connectivity index (χ0n) is 64.6. The van der Waals surface area contributed by atoms with E-state index in [9.17, 15) is 72.0 Å². The van der Waals surface area contributed by atoms with Gasteiger partial charge in [0.1, 0.15) is 46.4 Å². The van der Waals surface area contributed by atoms with Crippen molar-refractivity contribution in [2.75, 3.05) is 51.1 Å². The van der Waals surface area contributed by atoms with Crippen molar-refractivity contribution in [3.63, 3.8) is 0 Å². The van der Waals surface area contributed by atoms with E-state index < -0.39 is 178 Å². The van der Waals surface area contributed by atoms with Gasteiger partial charge >= 0.3 is 12.2 Å². The molecule has 0 aromatic heterocycles. The molecule has 0 spiro atoms. The molecule has 0 bridgehead atoms. The minimum Gasteiger partial charge on any atom is -0.444 e. The van der Waals surface area contributed by atoms with Crippen LogP contribution < -0.4 is 51.0 Å². The van der Waals surface area contributed by atoms with E-state index in [1.165, 1.54) is 34.1 Å². The number of ether oxygens (including phenoxy) is 2. The number of alkyl carbamates (subject to hydrolysis) is 2. The van der Waals surface area contributed by atoms with Gasteiger partial charge in [0.25, 0.3) is 20.9 Å². The number of fused-ring (bicyclic) bond motifs is 2. The molecular weight excluding hydrogens is 1520 g/mol. The van der Waals surface area contributed by atoms with Gasteiger partial charge in [0, 0.05) is 109 Å². The summed E-state index contributed by atoms with van der Waals surface area (Å²) in [5, 5.41) is 12.1. The van der Waals surface area contributed by atoms with Crippen LogP contribution in [0.1, 0.15) is 142 Å². The Balaban J connectivity index is 0.000000259. The average Bonchev–Trinajstić information content (AvgIpc) is 1.57. The molecule has 9 N–H and O–H groups in total. The molecule has 4 aromatic carbocycles. The normalized spacial score (nSPS) is 23.1. The number of amides is 8. The van der Waals surface area contributed by atoms with Gasteiger partial charge < -0.3 is 56.1 Å².